The van der Waals surface area contributed by atoms with Crippen LogP contribution in [0.3, 0.4) is 0 Å². The molecule has 1 fully saturated rings. The summed E-state index contributed by atoms with van der Waals surface area (Å²) in [5.41, 5.74) is 0.00852. The molecule has 0 radical (unpaired) electrons. The van der Waals surface area contributed by atoms with Crippen molar-refractivity contribution in [3.8, 4) is 0 Å². The zero-order chi connectivity index (χ0) is 26.9. The van der Waals surface area contributed by atoms with Gasteiger partial charge in [-0.15, -0.1) is 0 Å². The molecule has 1 aromatic rings. The average molecular weight is 514 g/mol. The molecule has 2 N–H and O–H groups in total. The van der Waals surface area contributed by atoms with E-state index in [1.165, 1.54) is 23.3 Å². The van der Waals surface area contributed by atoms with E-state index in [0.29, 0.717) is 19.4 Å². The third-order valence-electron chi connectivity index (χ3n) is 6.30. The summed E-state index contributed by atoms with van der Waals surface area (Å²) in [6.07, 6.45) is 10.00. The molecule has 200 valence electrons. The first-order valence-corrected chi connectivity index (χ1v) is 12.6. The van der Waals surface area contributed by atoms with E-state index in [1.54, 1.807) is 24.3 Å². The van der Waals surface area contributed by atoms with E-state index in [9.17, 15) is 24.3 Å². The second-order valence-electron chi connectivity index (χ2n) is 9.69. The molecule has 1 aromatic heterocycles. The molecule has 0 aromatic carbocycles. The fourth-order valence-corrected chi connectivity index (χ4v) is 4.40. The molecule has 0 aliphatic carbocycles. The lowest BCUT2D eigenvalue weighted by molar-refractivity contribution is -0.158. The van der Waals surface area contributed by atoms with E-state index < -0.39 is 30.1 Å². The van der Waals surface area contributed by atoms with E-state index in [1.807, 2.05) is 20.8 Å². The number of amides is 2. The van der Waals surface area contributed by atoms with Crippen LogP contribution in [0.1, 0.15) is 56.4 Å². The van der Waals surface area contributed by atoms with Crippen LogP contribution >= 0.6 is 0 Å². The van der Waals surface area contributed by atoms with Crippen LogP contribution in [0, 0.1) is 11.8 Å². The van der Waals surface area contributed by atoms with Crippen LogP contribution in [0.5, 0.6) is 0 Å². The highest BCUT2D eigenvalue weighted by atomic mass is 16.5. The number of aliphatic hydroxyl groups is 1. The minimum Gasteiger partial charge on any atom is -0.460 e. The minimum atomic E-state index is -1.00. The molecule has 2 aliphatic rings. The molecule has 2 aliphatic heterocycles. The van der Waals surface area contributed by atoms with Gasteiger partial charge in [0.25, 0.3) is 5.91 Å². The van der Waals surface area contributed by atoms with Gasteiger partial charge in [0.1, 0.15) is 24.2 Å². The number of rotatable bonds is 1. The number of Topliss-reactive ketones (excluding diaryl/α,β-unsaturated/α-hetero) is 1. The Morgan fingerprint density at radius 1 is 1.16 bits per heavy atom. The molecular weight excluding hydrogens is 478 g/mol. The molecule has 3 rings (SSSR count). The predicted octanol–water partition coefficient (Wildman–Crippen LogP) is 2.14. The minimum absolute atomic E-state index is 0.00852. The number of aliphatic hydroxyl groups excluding tert-OH is 1. The fourth-order valence-electron chi connectivity index (χ4n) is 4.40. The monoisotopic (exact) mass is 513 g/mol. The third-order valence-corrected chi connectivity index (χ3v) is 6.30. The zero-order valence-corrected chi connectivity index (χ0v) is 21.5. The Balaban J connectivity index is 1.83. The number of nitrogens with one attached hydrogen (secondary N) is 1. The van der Waals surface area contributed by atoms with E-state index in [2.05, 4.69) is 10.3 Å². The van der Waals surface area contributed by atoms with Crippen LogP contribution in [0.2, 0.25) is 0 Å². The molecule has 4 atom stereocenters. The van der Waals surface area contributed by atoms with Gasteiger partial charge in [0.05, 0.1) is 12.5 Å². The average Bonchev–Trinajstić information content (AvgIpc) is 3.52. The molecule has 37 heavy (non-hydrogen) atoms. The Hall–Kier alpha value is -3.53. The van der Waals surface area contributed by atoms with Crippen LogP contribution in [-0.2, 0) is 25.5 Å². The lowest BCUT2D eigenvalue weighted by atomic mass is 9.94. The molecule has 10 nitrogen and oxygen atoms in total. The molecule has 2 bridgehead atoms. The molecule has 1 saturated heterocycles. The van der Waals surface area contributed by atoms with Crippen molar-refractivity contribution in [1.82, 2.24) is 15.2 Å². The number of ketones is 1. The molecule has 10 heteroatoms. The second kappa shape index (κ2) is 13.1. The van der Waals surface area contributed by atoms with Crippen molar-refractivity contribution in [2.75, 3.05) is 13.1 Å². The van der Waals surface area contributed by atoms with Crippen LogP contribution in [0.4, 0.5) is 0 Å². The first kappa shape index (κ1) is 28.0. The van der Waals surface area contributed by atoms with Gasteiger partial charge in [0.15, 0.2) is 5.69 Å². The van der Waals surface area contributed by atoms with E-state index >= 15 is 0 Å². The Kier molecular flexibility index (Phi) is 9.96. The first-order chi connectivity index (χ1) is 17.7. The Labute approximate surface area is 216 Å². The summed E-state index contributed by atoms with van der Waals surface area (Å²) in [4.78, 5) is 56.3. The lowest BCUT2D eigenvalue weighted by Crippen LogP contribution is -2.44. The topological polar surface area (TPSA) is 139 Å². The third kappa shape index (κ3) is 7.98. The number of cyclic esters (lactones) is 1. The number of carbonyl (C=O) groups excluding carboxylic acids is 4. The highest BCUT2D eigenvalue weighted by Crippen LogP contribution is 2.25. The van der Waals surface area contributed by atoms with Crippen LogP contribution in [0.25, 0.3) is 0 Å². The number of hydrogen-bond donors (Lipinski definition) is 2. The number of ether oxygens (including phenoxy) is 1. The number of fused-ring (bicyclic) bond motifs is 3. The summed E-state index contributed by atoms with van der Waals surface area (Å²) >= 11 is 0. The van der Waals surface area contributed by atoms with Gasteiger partial charge in [-0.3, -0.25) is 14.4 Å². The van der Waals surface area contributed by atoms with Gasteiger partial charge < -0.3 is 24.5 Å². The van der Waals surface area contributed by atoms with Crippen molar-refractivity contribution in [1.29, 1.82) is 0 Å². The summed E-state index contributed by atoms with van der Waals surface area (Å²) in [5, 5.41) is 12.8. The molecule has 3 heterocycles. The number of esters is 1. The summed E-state index contributed by atoms with van der Waals surface area (Å²) in [6, 6.07) is -0.759. The molecule has 0 unspecified atom stereocenters. The lowest BCUT2D eigenvalue weighted by Gasteiger charge is -2.29. The Bertz CT molecular complexity index is 1070. The van der Waals surface area contributed by atoms with Crippen molar-refractivity contribution in [2.24, 2.45) is 11.8 Å². The molecule has 0 saturated carbocycles. The normalized spacial score (nSPS) is 29.4. The highest BCUT2D eigenvalue weighted by molar-refractivity contribution is 5.95. The standard InChI is InChI=1S/C27H35N3O7/c1-17(2)25-18(3)10-11-23(33)28-12-6-4-5-8-19(31)14-20(32)15-24-29-21(16-36-24)26(34)30-13-7-9-22(30)27(35)37-25/h4-6,8,10-11,16-19,22,25,31H,7,9,12-15H2,1-3H3,(H,28,33)/b6-4+,8-5+,11-10+/t18-,19-,22-,25-/m1/s1. The van der Waals surface area contributed by atoms with Crippen LogP contribution < -0.4 is 5.32 Å². The van der Waals surface area contributed by atoms with E-state index in [4.69, 9.17) is 9.15 Å². The second-order valence-corrected chi connectivity index (χ2v) is 9.69. The number of hydrogen-bond acceptors (Lipinski definition) is 8. The van der Waals surface area contributed by atoms with Crippen molar-refractivity contribution < 1.29 is 33.4 Å². The largest absolute Gasteiger partial charge is 0.460 e. The number of oxazole rings is 1. The highest BCUT2D eigenvalue weighted by Gasteiger charge is 2.38. The summed E-state index contributed by atoms with van der Waals surface area (Å²) in [7, 11) is 0. The van der Waals surface area contributed by atoms with Crippen molar-refractivity contribution in [3.63, 3.8) is 0 Å². The number of allylic oxidation sites excluding steroid dienone is 2. The Morgan fingerprint density at radius 3 is 2.70 bits per heavy atom. The number of nitrogens with zero attached hydrogens (tertiary/aromatic N) is 2. The van der Waals surface area contributed by atoms with Gasteiger partial charge in [-0.1, -0.05) is 51.2 Å². The zero-order valence-electron chi connectivity index (χ0n) is 21.5. The smallest absolute Gasteiger partial charge is 0.329 e. The van der Waals surface area contributed by atoms with Gasteiger partial charge in [-0.25, -0.2) is 9.78 Å². The summed E-state index contributed by atoms with van der Waals surface area (Å²) in [6.45, 7) is 6.38. The number of carbonyl (C=O) groups is 4. The SMILES string of the molecule is CC(C)[C@H]1OC(=O)[C@H]2CCCN2C(=O)c2coc(n2)CC(=O)C[C@H](O)/C=C/C=C/CNC(=O)/C=C/[C@H]1C. The van der Waals surface area contributed by atoms with Gasteiger partial charge in [-0.2, -0.15) is 0 Å². The molecule has 0 spiro atoms. The van der Waals surface area contributed by atoms with Gasteiger partial charge in [0, 0.05) is 25.4 Å². The fraction of sp³-hybridized carbons (Fsp3) is 0.519. The summed E-state index contributed by atoms with van der Waals surface area (Å²) < 4.78 is 11.2. The molecular formula is C27H35N3O7. The maximum absolute atomic E-state index is 13.1. The van der Waals surface area contributed by atoms with Crippen molar-refractivity contribution in [2.45, 2.75) is 64.7 Å². The van der Waals surface area contributed by atoms with E-state index in [-0.39, 0.29) is 54.5 Å². The van der Waals surface area contributed by atoms with Crippen molar-refractivity contribution in [3.05, 3.63) is 54.3 Å². The van der Waals surface area contributed by atoms with Crippen LogP contribution in [-0.4, -0.2) is 69.9 Å². The summed E-state index contributed by atoms with van der Waals surface area (Å²) in [5.74, 6) is -1.77. The van der Waals surface area contributed by atoms with Crippen LogP contribution in [0.15, 0.2) is 47.1 Å². The van der Waals surface area contributed by atoms with Gasteiger partial charge >= 0.3 is 5.97 Å². The molecule has 2 amide bonds. The predicted molar refractivity (Wildman–Crippen MR) is 134 cm³/mol. The maximum atomic E-state index is 13.1. The quantitative estimate of drug-likeness (QED) is 0.545. The first-order valence-electron chi connectivity index (χ1n) is 12.6. The van der Waals surface area contributed by atoms with Gasteiger partial charge in [-0.05, 0) is 24.8 Å². The van der Waals surface area contributed by atoms with Crippen molar-refractivity contribution >= 4 is 23.6 Å². The Morgan fingerprint density at radius 2 is 1.95 bits per heavy atom. The van der Waals surface area contributed by atoms with E-state index in [0.717, 1.165) is 0 Å². The maximum Gasteiger partial charge on any atom is 0.329 e. The van der Waals surface area contributed by atoms with Gasteiger partial charge in [0.2, 0.25) is 11.8 Å². The number of aromatic nitrogens is 1.